The van der Waals surface area contributed by atoms with Crippen LogP contribution in [0.3, 0.4) is 0 Å². The molecule has 4 N–H and O–H groups in total. The average Bonchev–Trinajstić information content (AvgIpc) is 2.07. The molecule has 0 aromatic heterocycles. The van der Waals surface area contributed by atoms with Gasteiger partial charge in [-0.05, 0) is 12.1 Å². The van der Waals surface area contributed by atoms with Crippen LogP contribution in [0.1, 0.15) is 0 Å². The Morgan fingerprint density at radius 2 is 2.08 bits per heavy atom. The summed E-state index contributed by atoms with van der Waals surface area (Å²) in [5.41, 5.74) is 5.20. The number of ether oxygens (including phenoxy) is 1. The van der Waals surface area contributed by atoms with Crippen LogP contribution in [-0.2, 0) is 0 Å². The lowest BCUT2D eigenvalue weighted by Gasteiger charge is -2.06. The normalized spacial score (nSPS) is 9.75. The van der Waals surface area contributed by atoms with Crippen LogP contribution >= 0.6 is 0 Å². The van der Waals surface area contributed by atoms with Gasteiger partial charge in [-0.1, -0.05) is 0 Å². The summed E-state index contributed by atoms with van der Waals surface area (Å²) in [7, 11) is 0. The van der Waals surface area contributed by atoms with E-state index < -0.39 is 0 Å². The molecule has 4 nitrogen and oxygen atoms in total. The van der Waals surface area contributed by atoms with Gasteiger partial charge in [0.15, 0.2) is 11.5 Å². The van der Waals surface area contributed by atoms with Crippen molar-refractivity contribution in [1.82, 2.24) is 0 Å². The molecule has 0 atom stereocenters. The molecule has 0 aliphatic heterocycles. The first kappa shape index (κ1) is 8.67. The fourth-order valence-corrected chi connectivity index (χ4v) is 0.787. The number of hydrogen-bond donors (Lipinski definition) is 3. The molecule has 0 saturated heterocycles. The molecule has 0 amide bonds. The Labute approximate surface area is 70.2 Å². The Hall–Kier alpha value is -1.42. The third-order valence-corrected chi connectivity index (χ3v) is 1.32. The van der Waals surface area contributed by atoms with Gasteiger partial charge in [0.25, 0.3) is 0 Å². The van der Waals surface area contributed by atoms with E-state index >= 15 is 0 Å². The maximum absolute atomic E-state index is 9.18. The molecule has 0 fully saturated rings. The van der Waals surface area contributed by atoms with Crippen molar-refractivity contribution in [3.63, 3.8) is 0 Å². The van der Waals surface area contributed by atoms with Crippen LogP contribution in [0, 0.1) is 0 Å². The van der Waals surface area contributed by atoms with E-state index in [1.165, 1.54) is 18.2 Å². The topological polar surface area (TPSA) is 75.7 Å². The Kier molecular flexibility index (Phi) is 2.76. The minimum absolute atomic E-state index is 0.00116. The molecule has 1 rings (SSSR count). The van der Waals surface area contributed by atoms with Crippen LogP contribution in [-0.4, -0.2) is 23.4 Å². The molecule has 4 heteroatoms. The lowest BCUT2D eigenvalue weighted by molar-refractivity contribution is 0.306. The molecule has 0 radical (unpaired) electrons. The van der Waals surface area contributed by atoms with E-state index in [0.29, 0.717) is 13.2 Å². The van der Waals surface area contributed by atoms with Crippen LogP contribution < -0.4 is 10.5 Å². The van der Waals surface area contributed by atoms with Gasteiger partial charge in [-0.3, -0.25) is 0 Å². The molecular weight excluding hydrogens is 158 g/mol. The Bertz CT molecular complexity index is 262. The molecule has 0 saturated carbocycles. The molecule has 0 aliphatic carbocycles. The van der Waals surface area contributed by atoms with E-state index in [0.717, 1.165) is 0 Å². The van der Waals surface area contributed by atoms with Crippen molar-refractivity contribution in [3.8, 4) is 17.2 Å². The molecular formula is C8H11NO3. The predicted molar refractivity (Wildman–Crippen MR) is 44.3 cm³/mol. The molecule has 66 valence electrons. The summed E-state index contributed by atoms with van der Waals surface area (Å²) < 4.78 is 5.03. The molecule has 0 spiro atoms. The van der Waals surface area contributed by atoms with E-state index in [9.17, 15) is 5.11 Å². The van der Waals surface area contributed by atoms with E-state index in [1.807, 2.05) is 0 Å². The molecule has 0 heterocycles. The summed E-state index contributed by atoms with van der Waals surface area (Å²) in [5.74, 6) is 0.307. The number of rotatable bonds is 3. The summed E-state index contributed by atoms with van der Waals surface area (Å²) in [5, 5.41) is 18.2. The van der Waals surface area contributed by atoms with Gasteiger partial charge in [0.2, 0.25) is 0 Å². The molecule has 12 heavy (non-hydrogen) atoms. The number of benzene rings is 1. The smallest absolute Gasteiger partial charge is 0.164 e. The number of phenolic OH excluding ortho intramolecular Hbond substituents is 2. The zero-order chi connectivity index (χ0) is 8.97. The van der Waals surface area contributed by atoms with Crippen molar-refractivity contribution in [1.29, 1.82) is 0 Å². The molecule has 1 aromatic rings. The monoisotopic (exact) mass is 169 g/mol. The highest BCUT2D eigenvalue weighted by Crippen LogP contribution is 2.29. The van der Waals surface area contributed by atoms with E-state index in [4.69, 9.17) is 15.6 Å². The third-order valence-electron chi connectivity index (χ3n) is 1.32. The minimum atomic E-state index is 0.00116. The third kappa shape index (κ3) is 2.03. The van der Waals surface area contributed by atoms with Gasteiger partial charge in [-0.2, -0.15) is 0 Å². The van der Waals surface area contributed by atoms with Crippen molar-refractivity contribution in [2.45, 2.75) is 0 Å². The summed E-state index contributed by atoms with van der Waals surface area (Å²) in [6, 6.07) is 4.08. The SMILES string of the molecule is NCCOc1cc(O)ccc1O. The zero-order valence-corrected chi connectivity index (χ0v) is 6.53. The summed E-state index contributed by atoms with van der Waals surface area (Å²) in [6.45, 7) is 0.687. The highest BCUT2D eigenvalue weighted by molar-refractivity contribution is 5.43. The second kappa shape index (κ2) is 3.82. The fraction of sp³-hybridized carbons (Fsp3) is 0.250. The first-order valence-electron chi connectivity index (χ1n) is 3.59. The number of phenols is 2. The first-order chi connectivity index (χ1) is 5.74. The van der Waals surface area contributed by atoms with Crippen LogP contribution in [0.2, 0.25) is 0 Å². The first-order valence-corrected chi connectivity index (χ1v) is 3.59. The van der Waals surface area contributed by atoms with Crippen LogP contribution in [0.25, 0.3) is 0 Å². The van der Waals surface area contributed by atoms with Gasteiger partial charge < -0.3 is 20.7 Å². The van der Waals surface area contributed by atoms with Crippen molar-refractivity contribution in [2.24, 2.45) is 5.73 Å². The summed E-state index contributed by atoms with van der Waals surface area (Å²) in [6.07, 6.45) is 0. The van der Waals surface area contributed by atoms with Gasteiger partial charge in [0.05, 0.1) is 0 Å². The largest absolute Gasteiger partial charge is 0.508 e. The highest BCUT2D eigenvalue weighted by Gasteiger charge is 2.01. The molecule has 0 bridgehead atoms. The maximum atomic E-state index is 9.18. The second-order valence-electron chi connectivity index (χ2n) is 2.29. The van der Waals surface area contributed by atoms with Gasteiger partial charge in [0.1, 0.15) is 12.4 Å². The standard InChI is InChI=1S/C8H11NO3/c9-3-4-12-8-5-6(10)1-2-7(8)11/h1-2,5,10-11H,3-4,9H2. The predicted octanol–water partition coefficient (Wildman–Crippen LogP) is 0.435. The van der Waals surface area contributed by atoms with Gasteiger partial charge in [-0.25, -0.2) is 0 Å². The quantitative estimate of drug-likeness (QED) is 0.574. The van der Waals surface area contributed by atoms with E-state index in [2.05, 4.69) is 0 Å². The van der Waals surface area contributed by atoms with Crippen molar-refractivity contribution < 1.29 is 14.9 Å². The van der Waals surface area contributed by atoms with Gasteiger partial charge in [0, 0.05) is 12.6 Å². The number of hydrogen-bond acceptors (Lipinski definition) is 4. The van der Waals surface area contributed by atoms with Crippen molar-refractivity contribution in [2.75, 3.05) is 13.2 Å². The number of aromatic hydroxyl groups is 2. The van der Waals surface area contributed by atoms with Crippen molar-refractivity contribution >= 4 is 0 Å². The Morgan fingerprint density at radius 3 is 2.75 bits per heavy atom. The second-order valence-corrected chi connectivity index (χ2v) is 2.29. The fourth-order valence-electron chi connectivity index (χ4n) is 0.787. The minimum Gasteiger partial charge on any atom is -0.508 e. The lowest BCUT2D eigenvalue weighted by atomic mass is 10.3. The Morgan fingerprint density at radius 1 is 1.33 bits per heavy atom. The molecule has 0 aliphatic rings. The van der Waals surface area contributed by atoms with Crippen LogP contribution in [0.15, 0.2) is 18.2 Å². The van der Waals surface area contributed by atoms with E-state index in [-0.39, 0.29) is 17.2 Å². The molecule has 1 aromatic carbocycles. The van der Waals surface area contributed by atoms with Crippen LogP contribution in [0.4, 0.5) is 0 Å². The van der Waals surface area contributed by atoms with E-state index in [1.54, 1.807) is 0 Å². The van der Waals surface area contributed by atoms with Crippen LogP contribution in [0.5, 0.6) is 17.2 Å². The molecule has 0 unspecified atom stereocenters. The average molecular weight is 169 g/mol. The van der Waals surface area contributed by atoms with Gasteiger partial charge >= 0.3 is 0 Å². The maximum Gasteiger partial charge on any atom is 0.164 e. The van der Waals surface area contributed by atoms with Crippen molar-refractivity contribution in [3.05, 3.63) is 18.2 Å². The van der Waals surface area contributed by atoms with Gasteiger partial charge in [-0.15, -0.1) is 0 Å². The Balaban J connectivity index is 2.75. The zero-order valence-electron chi connectivity index (χ0n) is 6.53. The summed E-state index contributed by atoms with van der Waals surface area (Å²) in [4.78, 5) is 0. The number of nitrogens with two attached hydrogens (primary N) is 1. The summed E-state index contributed by atoms with van der Waals surface area (Å²) >= 11 is 0. The lowest BCUT2D eigenvalue weighted by Crippen LogP contribution is -2.10. The highest BCUT2D eigenvalue weighted by atomic mass is 16.5.